The number of halogens is 1. The molecule has 0 saturated heterocycles. The number of aromatic nitrogens is 2. The lowest BCUT2D eigenvalue weighted by Gasteiger charge is -2.27. The van der Waals surface area contributed by atoms with Crippen LogP contribution < -0.4 is 5.32 Å². The van der Waals surface area contributed by atoms with E-state index in [9.17, 15) is 9.18 Å². The number of rotatable bonds is 4. The summed E-state index contributed by atoms with van der Waals surface area (Å²) in [5.74, 6) is -0.277. The molecule has 0 radical (unpaired) electrons. The Labute approximate surface area is 134 Å². The van der Waals surface area contributed by atoms with E-state index in [1.807, 2.05) is 0 Å². The van der Waals surface area contributed by atoms with Crippen LogP contribution in [0.3, 0.4) is 0 Å². The predicted molar refractivity (Wildman–Crippen MR) is 83.8 cm³/mol. The Morgan fingerprint density at radius 1 is 1.26 bits per heavy atom. The molecule has 0 bridgehead atoms. The number of amides is 1. The predicted octanol–water partition coefficient (Wildman–Crippen LogP) is 2.29. The maximum Gasteiger partial charge on any atom is 0.272 e. The number of nitrogens with zero attached hydrogens (tertiary/aromatic N) is 2. The first-order valence-corrected chi connectivity index (χ1v) is 7.89. The SMILES string of the molecule is O=C(NC1CCC(CO)CC1)c1ccn(-c2ccccc2F)n1. The van der Waals surface area contributed by atoms with Gasteiger partial charge < -0.3 is 10.4 Å². The molecule has 2 aromatic rings. The van der Waals surface area contributed by atoms with Crippen molar-refractivity contribution < 1.29 is 14.3 Å². The third-order valence-corrected chi connectivity index (χ3v) is 4.36. The van der Waals surface area contributed by atoms with Crippen LogP contribution in [0.4, 0.5) is 4.39 Å². The maximum atomic E-state index is 13.7. The van der Waals surface area contributed by atoms with Crippen molar-refractivity contribution in [2.45, 2.75) is 31.7 Å². The van der Waals surface area contributed by atoms with Crippen LogP contribution in [0.15, 0.2) is 36.5 Å². The van der Waals surface area contributed by atoms with Crippen molar-refractivity contribution in [3.8, 4) is 5.69 Å². The molecule has 0 unspecified atom stereocenters. The average Bonchev–Trinajstić information content (AvgIpc) is 3.06. The summed E-state index contributed by atoms with van der Waals surface area (Å²) in [6, 6.07) is 8.00. The van der Waals surface area contributed by atoms with Crippen LogP contribution in [0.1, 0.15) is 36.2 Å². The Balaban J connectivity index is 1.64. The Bertz CT molecular complexity index is 678. The zero-order valence-electron chi connectivity index (χ0n) is 12.8. The van der Waals surface area contributed by atoms with Gasteiger partial charge in [0.1, 0.15) is 11.5 Å². The van der Waals surface area contributed by atoms with Gasteiger partial charge in [-0.15, -0.1) is 0 Å². The van der Waals surface area contributed by atoms with Gasteiger partial charge in [-0.05, 0) is 49.8 Å². The van der Waals surface area contributed by atoms with Gasteiger partial charge in [0, 0.05) is 18.8 Å². The summed E-state index contributed by atoms with van der Waals surface area (Å²) in [5.41, 5.74) is 0.590. The summed E-state index contributed by atoms with van der Waals surface area (Å²) in [6.45, 7) is 0.216. The highest BCUT2D eigenvalue weighted by Gasteiger charge is 2.23. The van der Waals surface area contributed by atoms with Gasteiger partial charge in [0.25, 0.3) is 5.91 Å². The molecule has 1 amide bonds. The number of aliphatic hydroxyl groups is 1. The first-order valence-electron chi connectivity index (χ1n) is 7.89. The summed E-state index contributed by atoms with van der Waals surface area (Å²) >= 11 is 0. The number of para-hydroxylation sites is 1. The molecule has 3 rings (SSSR count). The lowest BCUT2D eigenvalue weighted by molar-refractivity contribution is 0.0908. The lowest BCUT2D eigenvalue weighted by Crippen LogP contribution is -2.38. The van der Waals surface area contributed by atoms with Gasteiger partial charge in [0.2, 0.25) is 0 Å². The molecule has 1 aromatic carbocycles. The molecule has 1 fully saturated rings. The Morgan fingerprint density at radius 3 is 2.70 bits per heavy atom. The van der Waals surface area contributed by atoms with Crippen LogP contribution in [-0.4, -0.2) is 33.4 Å². The van der Waals surface area contributed by atoms with Crippen molar-refractivity contribution in [2.24, 2.45) is 5.92 Å². The molecule has 5 nitrogen and oxygen atoms in total. The van der Waals surface area contributed by atoms with Crippen LogP contribution in [0.25, 0.3) is 5.69 Å². The standard InChI is InChI=1S/C17H20FN3O2/c18-14-3-1-2-4-16(14)21-10-9-15(20-21)17(23)19-13-7-5-12(11-22)6-8-13/h1-4,9-10,12-13,22H,5-8,11H2,(H,19,23). The first-order chi connectivity index (χ1) is 11.2. The molecule has 0 spiro atoms. The smallest absolute Gasteiger partial charge is 0.272 e. The van der Waals surface area contributed by atoms with Crippen LogP contribution in [0.2, 0.25) is 0 Å². The molecule has 1 heterocycles. The zero-order chi connectivity index (χ0) is 16.2. The first kappa shape index (κ1) is 15.7. The molecule has 1 saturated carbocycles. The van der Waals surface area contributed by atoms with E-state index in [4.69, 9.17) is 5.11 Å². The number of hydrogen-bond donors (Lipinski definition) is 2. The van der Waals surface area contributed by atoms with Crippen molar-refractivity contribution in [1.82, 2.24) is 15.1 Å². The van der Waals surface area contributed by atoms with E-state index in [1.54, 1.807) is 30.5 Å². The van der Waals surface area contributed by atoms with Crippen molar-refractivity contribution in [1.29, 1.82) is 0 Å². The number of carbonyl (C=O) groups excluding carboxylic acids is 1. The second-order valence-electron chi connectivity index (χ2n) is 5.97. The highest BCUT2D eigenvalue weighted by atomic mass is 19.1. The highest BCUT2D eigenvalue weighted by Crippen LogP contribution is 2.23. The van der Waals surface area contributed by atoms with E-state index in [2.05, 4.69) is 10.4 Å². The van der Waals surface area contributed by atoms with Gasteiger partial charge in [-0.25, -0.2) is 9.07 Å². The monoisotopic (exact) mass is 317 g/mol. The number of hydrogen-bond acceptors (Lipinski definition) is 3. The minimum Gasteiger partial charge on any atom is -0.396 e. The van der Waals surface area contributed by atoms with Crippen molar-refractivity contribution in [3.05, 3.63) is 48.0 Å². The molecule has 6 heteroatoms. The largest absolute Gasteiger partial charge is 0.396 e. The average molecular weight is 317 g/mol. The van der Waals surface area contributed by atoms with E-state index >= 15 is 0 Å². The molecular formula is C17H20FN3O2. The highest BCUT2D eigenvalue weighted by molar-refractivity contribution is 5.92. The van der Waals surface area contributed by atoms with Gasteiger partial charge in [0.15, 0.2) is 5.69 Å². The molecule has 2 N–H and O–H groups in total. The quantitative estimate of drug-likeness (QED) is 0.909. The Morgan fingerprint density at radius 2 is 2.00 bits per heavy atom. The number of benzene rings is 1. The van der Waals surface area contributed by atoms with Gasteiger partial charge in [-0.2, -0.15) is 5.10 Å². The number of carbonyl (C=O) groups is 1. The third kappa shape index (κ3) is 3.59. The third-order valence-electron chi connectivity index (χ3n) is 4.36. The lowest BCUT2D eigenvalue weighted by atomic mass is 9.86. The van der Waals surface area contributed by atoms with E-state index in [0.29, 0.717) is 11.6 Å². The van der Waals surface area contributed by atoms with Crippen molar-refractivity contribution in [3.63, 3.8) is 0 Å². The normalized spacial score (nSPS) is 21.1. The molecule has 23 heavy (non-hydrogen) atoms. The zero-order valence-corrected chi connectivity index (χ0v) is 12.8. The van der Waals surface area contributed by atoms with E-state index in [0.717, 1.165) is 25.7 Å². The van der Waals surface area contributed by atoms with Gasteiger partial charge in [-0.3, -0.25) is 4.79 Å². The van der Waals surface area contributed by atoms with Gasteiger partial charge >= 0.3 is 0 Å². The molecular weight excluding hydrogens is 297 g/mol. The summed E-state index contributed by atoms with van der Waals surface area (Å²) in [6.07, 6.45) is 5.15. The minimum absolute atomic E-state index is 0.115. The van der Waals surface area contributed by atoms with Crippen LogP contribution in [-0.2, 0) is 0 Å². The fourth-order valence-electron chi connectivity index (χ4n) is 2.97. The summed E-state index contributed by atoms with van der Waals surface area (Å²) in [7, 11) is 0. The Kier molecular flexibility index (Phi) is 4.71. The number of aliphatic hydroxyl groups excluding tert-OH is 1. The van der Waals surface area contributed by atoms with Gasteiger partial charge in [0.05, 0.1) is 0 Å². The fourth-order valence-corrected chi connectivity index (χ4v) is 2.97. The molecule has 1 aromatic heterocycles. The molecule has 1 aliphatic carbocycles. The van der Waals surface area contributed by atoms with Crippen LogP contribution >= 0.6 is 0 Å². The molecule has 122 valence electrons. The summed E-state index contributed by atoms with van der Waals surface area (Å²) in [4.78, 5) is 12.3. The second kappa shape index (κ2) is 6.91. The van der Waals surface area contributed by atoms with Gasteiger partial charge in [-0.1, -0.05) is 12.1 Å². The molecule has 1 aliphatic rings. The topological polar surface area (TPSA) is 67.2 Å². The second-order valence-corrected chi connectivity index (χ2v) is 5.97. The maximum absolute atomic E-state index is 13.7. The minimum atomic E-state index is -0.384. The van der Waals surface area contributed by atoms with Crippen LogP contribution in [0.5, 0.6) is 0 Å². The van der Waals surface area contributed by atoms with E-state index in [1.165, 1.54) is 10.7 Å². The molecule has 0 atom stereocenters. The van der Waals surface area contributed by atoms with E-state index < -0.39 is 0 Å². The van der Waals surface area contributed by atoms with E-state index in [-0.39, 0.29) is 30.1 Å². The summed E-state index contributed by atoms with van der Waals surface area (Å²) < 4.78 is 15.1. The van der Waals surface area contributed by atoms with Crippen LogP contribution in [0, 0.1) is 11.7 Å². The molecule has 0 aliphatic heterocycles. The Hall–Kier alpha value is -2.21. The van der Waals surface area contributed by atoms with Crippen molar-refractivity contribution >= 4 is 5.91 Å². The fraction of sp³-hybridized carbons (Fsp3) is 0.412. The number of nitrogens with one attached hydrogen (secondary N) is 1. The summed E-state index contributed by atoms with van der Waals surface area (Å²) in [5, 5.41) is 16.3. The van der Waals surface area contributed by atoms with Crippen molar-refractivity contribution in [2.75, 3.05) is 6.61 Å².